The van der Waals surface area contributed by atoms with Crippen LogP contribution in [0.5, 0.6) is 0 Å². The molecule has 1 heterocycles. The van der Waals surface area contributed by atoms with Crippen molar-refractivity contribution in [2.45, 2.75) is 20.0 Å². The van der Waals surface area contributed by atoms with Crippen LogP contribution in [0, 0.1) is 5.92 Å². The Kier molecular flexibility index (Phi) is 5.51. The van der Waals surface area contributed by atoms with E-state index in [4.69, 9.17) is 0 Å². The first-order valence-corrected chi connectivity index (χ1v) is 7.15. The number of hydrogen-bond donors (Lipinski definition) is 2. The van der Waals surface area contributed by atoms with Crippen LogP contribution in [0.15, 0.2) is 43.0 Å². The predicted octanol–water partition coefficient (Wildman–Crippen LogP) is 1.40. The quantitative estimate of drug-likeness (QED) is 0.809. The minimum absolute atomic E-state index is 0.0317. The number of nitrogens with one attached hydrogen (secondary N) is 2. The van der Waals surface area contributed by atoms with E-state index in [1.54, 1.807) is 12.5 Å². The van der Waals surface area contributed by atoms with Crippen molar-refractivity contribution in [1.29, 1.82) is 0 Å². The summed E-state index contributed by atoms with van der Waals surface area (Å²) in [5, 5.41) is 6.02. The van der Waals surface area contributed by atoms with Crippen molar-refractivity contribution in [2.24, 2.45) is 5.92 Å². The maximum atomic E-state index is 12.0. The molecule has 1 aromatic heterocycles. The van der Waals surface area contributed by atoms with Crippen molar-refractivity contribution in [3.63, 3.8) is 0 Å². The van der Waals surface area contributed by atoms with E-state index in [9.17, 15) is 4.79 Å². The second-order valence-corrected chi connectivity index (χ2v) is 5.18. The van der Waals surface area contributed by atoms with Crippen molar-refractivity contribution in [2.75, 3.05) is 13.6 Å². The van der Waals surface area contributed by atoms with E-state index in [0.717, 1.165) is 12.1 Å². The number of benzene rings is 1. The Labute approximate surface area is 125 Å². The van der Waals surface area contributed by atoms with Gasteiger partial charge in [0.15, 0.2) is 0 Å². The van der Waals surface area contributed by atoms with Gasteiger partial charge in [0.05, 0.1) is 6.33 Å². The molecule has 1 unspecified atom stereocenters. The molecule has 5 nitrogen and oxygen atoms in total. The summed E-state index contributed by atoms with van der Waals surface area (Å²) >= 11 is 0. The largest absolute Gasteiger partial charge is 0.352 e. The third kappa shape index (κ3) is 4.43. The molecule has 2 aromatic rings. The first-order valence-electron chi connectivity index (χ1n) is 7.15. The lowest BCUT2D eigenvalue weighted by atomic mass is 10.1. The van der Waals surface area contributed by atoms with E-state index in [2.05, 4.69) is 27.8 Å². The van der Waals surface area contributed by atoms with Crippen LogP contribution in [-0.2, 0) is 17.9 Å². The lowest BCUT2D eigenvalue weighted by Crippen LogP contribution is -2.34. The van der Waals surface area contributed by atoms with Gasteiger partial charge in [0.25, 0.3) is 0 Å². The molecule has 0 radical (unpaired) electrons. The molecule has 2 rings (SSSR count). The molecule has 0 saturated heterocycles. The molecule has 0 aliphatic rings. The van der Waals surface area contributed by atoms with E-state index in [1.807, 2.05) is 36.9 Å². The second-order valence-electron chi connectivity index (χ2n) is 5.18. The van der Waals surface area contributed by atoms with Gasteiger partial charge in [0.1, 0.15) is 0 Å². The summed E-state index contributed by atoms with van der Waals surface area (Å²) in [5.41, 5.74) is 2.33. The molecule has 0 aliphatic heterocycles. The Morgan fingerprint density at radius 1 is 1.33 bits per heavy atom. The van der Waals surface area contributed by atoms with Gasteiger partial charge in [0, 0.05) is 37.9 Å². The van der Waals surface area contributed by atoms with Crippen LogP contribution < -0.4 is 10.6 Å². The van der Waals surface area contributed by atoms with Gasteiger partial charge in [-0.3, -0.25) is 4.79 Å². The summed E-state index contributed by atoms with van der Waals surface area (Å²) in [6.07, 6.45) is 5.50. The number of nitrogens with zero attached hydrogens (tertiary/aromatic N) is 2. The molecule has 21 heavy (non-hydrogen) atoms. The molecular formula is C16H22N4O. The maximum Gasteiger partial charge on any atom is 0.224 e. The fourth-order valence-corrected chi connectivity index (χ4v) is 2.22. The Hall–Kier alpha value is -2.14. The highest BCUT2D eigenvalue weighted by Gasteiger charge is 2.12. The Morgan fingerprint density at radius 3 is 2.76 bits per heavy atom. The minimum atomic E-state index is -0.0317. The summed E-state index contributed by atoms with van der Waals surface area (Å²) < 4.78 is 2.02. The van der Waals surface area contributed by atoms with Gasteiger partial charge in [-0.2, -0.15) is 0 Å². The fourth-order valence-electron chi connectivity index (χ4n) is 2.22. The predicted molar refractivity (Wildman–Crippen MR) is 82.7 cm³/mol. The smallest absolute Gasteiger partial charge is 0.224 e. The first kappa shape index (κ1) is 15.3. The van der Waals surface area contributed by atoms with Gasteiger partial charge in [-0.05, 0) is 18.2 Å². The molecule has 0 fully saturated rings. The SMILES string of the molecule is CNCC(C)C(=O)NCc1ccccc1Cn1ccnc1. The number of rotatable bonds is 7. The summed E-state index contributed by atoms with van der Waals surface area (Å²) in [5.74, 6) is 0.0394. The van der Waals surface area contributed by atoms with E-state index in [-0.39, 0.29) is 11.8 Å². The highest BCUT2D eigenvalue weighted by Crippen LogP contribution is 2.10. The van der Waals surface area contributed by atoms with Gasteiger partial charge in [0.2, 0.25) is 5.91 Å². The van der Waals surface area contributed by atoms with Crippen molar-refractivity contribution >= 4 is 5.91 Å². The normalized spacial score (nSPS) is 12.1. The Balaban J connectivity index is 1.98. The van der Waals surface area contributed by atoms with Gasteiger partial charge >= 0.3 is 0 Å². The zero-order chi connectivity index (χ0) is 15.1. The third-order valence-corrected chi connectivity index (χ3v) is 3.44. The lowest BCUT2D eigenvalue weighted by Gasteiger charge is -2.14. The fraction of sp³-hybridized carbons (Fsp3) is 0.375. The van der Waals surface area contributed by atoms with Crippen LogP contribution in [0.2, 0.25) is 0 Å². The van der Waals surface area contributed by atoms with E-state index in [0.29, 0.717) is 13.1 Å². The van der Waals surface area contributed by atoms with Crippen molar-refractivity contribution in [3.8, 4) is 0 Å². The zero-order valence-corrected chi connectivity index (χ0v) is 12.5. The van der Waals surface area contributed by atoms with Gasteiger partial charge < -0.3 is 15.2 Å². The molecule has 1 aromatic carbocycles. The average molecular weight is 286 g/mol. The molecule has 2 N–H and O–H groups in total. The minimum Gasteiger partial charge on any atom is -0.352 e. The van der Waals surface area contributed by atoms with E-state index >= 15 is 0 Å². The van der Waals surface area contributed by atoms with Crippen molar-refractivity contribution in [3.05, 3.63) is 54.1 Å². The maximum absolute atomic E-state index is 12.0. The number of carbonyl (C=O) groups excluding carboxylic acids is 1. The number of aromatic nitrogens is 2. The number of carbonyl (C=O) groups is 1. The van der Waals surface area contributed by atoms with Crippen molar-refractivity contribution < 1.29 is 4.79 Å². The lowest BCUT2D eigenvalue weighted by molar-refractivity contribution is -0.124. The topological polar surface area (TPSA) is 59.0 Å². The molecule has 0 spiro atoms. The molecule has 0 bridgehead atoms. The van der Waals surface area contributed by atoms with Crippen molar-refractivity contribution in [1.82, 2.24) is 20.2 Å². The molecule has 1 atom stereocenters. The summed E-state index contributed by atoms with van der Waals surface area (Å²) in [7, 11) is 1.85. The third-order valence-electron chi connectivity index (χ3n) is 3.44. The van der Waals surface area contributed by atoms with Crippen LogP contribution in [0.25, 0.3) is 0 Å². The molecule has 0 aliphatic carbocycles. The number of amides is 1. The standard InChI is InChI=1S/C16H22N4O/c1-13(9-17-2)16(21)19-10-14-5-3-4-6-15(14)11-20-8-7-18-12-20/h3-8,12-13,17H,9-11H2,1-2H3,(H,19,21). The Morgan fingerprint density at radius 2 is 2.10 bits per heavy atom. The summed E-state index contributed by atoms with van der Waals surface area (Å²) in [6.45, 7) is 3.92. The van der Waals surface area contributed by atoms with Crippen LogP contribution in [0.4, 0.5) is 0 Å². The molecule has 112 valence electrons. The summed E-state index contributed by atoms with van der Waals surface area (Å²) in [4.78, 5) is 16.0. The highest BCUT2D eigenvalue weighted by molar-refractivity contribution is 5.78. The van der Waals surface area contributed by atoms with Crippen LogP contribution >= 0.6 is 0 Å². The van der Waals surface area contributed by atoms with E-state index < -0.39 is 0 Å². The molecule has 5 heteroatoms. The van der Waals surface area contributed by atoms with Crippen LogP contribution in [0.1, 0.15) is 18.1 Å². The summed E-state index contributed by atoms with van der Waals surface area (Å²) in [6, 6.07) is 8.14. The number of imidazole rings is 1. The van der Waals surface area contributed by atoms with Gasteiger partial charge in [-0.25, -0.2) is 4.98 Å². The first-order chi connectivity index (χ1) is 10.2. The van der Waals surface area contributed by atoms with Gasteiger partial charge in [-0.1, -0.05) is 31.2 Å². The molecule has 0 saturated carbocycles. The zero-order valence-electron chi connectivity index (χ0n) is 12.5. The van der Waals surface area contributed by atoms with E-state index in [1.165, 1.54) is 5.56 Å². The van der Waals surface area contributed by atoms with Crippen LogP contribution in [0.3, 0.4) is 0 Å². The molecule has 1 amide bonds. The van der Waals surface area contributed by atoms with Gasteiger partial charge in [-0.15, -0.1) is 0 Å². The number of hydrogen-bond acceptors (Lipinski definition) is 3. The Bertz CT molecular complexity index is 565. The monoisotopic (exact) mass is 286 g/mol. The highest BCUT2D eigenvalue weighted by atomic mass is 16.1. The average Bonchev–Trinajstić information content (AvgIpc) is 2.99. The second kappa shape index (κ2) is 7.59. The van der Waals surface area contributed by atoms with Crippen LogP contribution in [-0.4, -0.2) is 29.1 Å². The molecular weight excluding hydrogens is 264 g/mol.